The third-order valence-electron chi connectivity index (χ3n) is 11.5. The fraction of sp³-hybridized carbons (Fsp3) is 0. The first kappa shape index (κ1) is 26.5. The highest BCUT2D eigenvalue weighted by atomic mass is 14.3. The maximum Gasteiger partial charge on any atom is -0.00199 e. The van der Waals surface area contributed by atoms with E-state index in [0.29, 0.717) is 0 Å². The Morgan fingerprint density at radius 1 is 0.200 bits per heavy atom. The molecule has 0 bridgehead atoms. The maximum absolute atomic E-state index is 2.40. The second-order valence-electron chi connectivity index (χ2n) is 14.0. The first-order valence-corrected chi connectivity index (χ1v) is 17.5. The SMILES string of the molecule is c1ccc2c(c1)cc1c3c(cccc32)-c2cc(-c3ccc4ccc(-c5ccc6c(c5)-c5cccc7c5c-6cc5ccccc57)cc4c3)ccc2-1. The minimum atomic E-state index is 1.24. The quantitative estimate of drug-likeness (QED) is 0.167. The normalized spacial score (nSPS) is 12.4. The van der Waals surface area contributed by atoms with Gasteiger partial charge in [0.1, 0.15) is 0 Å². The van der Waals surface area contributed by atoms with Gasteiger partial charge in [0.05, 0.1) is 0 Å². The van der Waals surface area contributed by atoms with E-state index in [2.05, 4.69) is 170 Å². The van der Waals surface area contributed by atoms with Crippen molar-refractivity contribution in [3.8, 4) is 66.8 Å². The molecule has 0 radical (unpaired) electrons. The third-order valence-corrected chi connectivity index (χ3v) is 11.5. The molecule has 0 N–H and O–H groups in total. The number of hydrogen-bond donors (Lipinski definition) is 0. The zero-order valence-corrected chi connectivity index (χ0v) is 27.2. The largest absolute Gasteiger partial charge is 0.0616 e. The zero-order valence-electron chi connectivity index (χ0n) is 27.2. The van der Waals surface area contributed by atoms with Crippen molar-refractivity contribution in [2.24, 2.45) is 0 Å². The average Bonchev–Trinajstić information content (AvgIpc) is 3.67. The molecule has 0 aliphatic heterocycles. The number of benzene rings is 10. The summed E-state index contributed by atoms with van der Waals surface area (Å²) >= 11 is 0. The van der Waals surface area contributed by atoms with Crippen LogP contribution in [0.3, 0.4) is 0 Å². The van der Waals surface area contributed by atoms with Crippen LogP contribution in [0.2, 0.25) is 0 Å². The van der Waals surface area contributed by atoms with Crippen LogP contribution in [0.25, 0.3) is 121 Å². The molecule has 2 aliphatic carbocycles. The van der Waals surface area contributed by atoms with Crippen LogP contribution in [0.15, 0.2) is 170 Å². The molecule has 0 nitrogen and oxygen atoms in total. The molecule has 0 unspecified atom stereocenters. The molecule has 0 saturated heterocycles. The van der Waals surface area contributed by atoms with Crippen LogP contribution >= 0.6 is 0 Å². The van der Waals surface area contributed by atoms with Crippen molar-refractivity contribution in [2.45, 2.75) is 0 Å². The van der Waals surface area contributed by atoms with E-state index in [-0.39, 0.29) is 0 Å². The van der Waals surface area contributed by atoms with Crippen molar-refractivity contribution in [3.05, 3.63) is 170 Å². The van der Waals surface area contributed by atoms with E-state index in [1.807, 2.05) is 0 Å². The van der Waals surface area contributed by atoms with Gasteiger partial charge in [-0.3, -0.25) is 0 Å². The Morgan fingerprint density at radius 3 is 1.16 bits per heavy atom. The molecular formula is C50H28. The smallest absolute Gasteiger partial charge is 0.00199 e. The van der Waals surface area contributed by atoms with Crippen LogP contribution in [-0.4, -0.2) is 0 Å². The van der Waals surface area contributed by atoms with E-state index in [4.69, 9.17) is 0 Å². The lowest BCUT2D eigenvalue weighted by molar-refractivity contribution is 1.62. The Bertz CT molecular complexity index is 2930. The minimum absolute atomic E-state index is 1.24. The molecule has 2 aliphatic rings. The molecular weight excluding hydrogens is 601 g/mol. The van der Waals surface area contributed by atoms with Crippen molar-refractivity contribution < 1.29 is 0 Å². The molecule has 0 aromatic heterocycles. The molecule has 0 fully saturated rings. The third kappa shape index (κ3) is 3.50. The first-order valence-electron chi connectivity index (χ1n) is 17.5. The average molecular weight is 629 g/mol. The summed E-state index contributed by atoms with van der Waals surface area (Å²) in [6.07, 6.45) is 0. The fourth-order valence-electron chi connectivity index (χ4n) is 9.17. The van der Waals surface area contributed by atoms with Crippen LogP contribution in [0.1, 0.15) is 0 Å². The predicted octanol–water partition coefficient (Wildman–Crippen LogP) is 14.1. The van der Waals surface area contributed by atoms with E-state index >= 15 is 0 Å². The number of fused-ring (bicyclic) bond motifs is 11. The van der Waals surface area contributed by atoms with Crippen LogP contribution in [0.4, 0.5) is 0 Å². The Hall–Kier alpha value is -6.50. The molecule has 0 spiro atoms. The van der Waals surface area contributed by atoms with Crippen molar-refractivity contribution in [1.82, 2.24) is 0 Å². The monoisotopic (exact) mass is 628 g/mol. The lowest BCUT2D eigenvalue weighted by Crippen LogP contribution is -1.85. The van der Waals surface area contributed by atoms with Gasteiger partial charge in [-0.15, -0.1) is 0 Å². The highest BCUT2D eigenvalue weighted by Gasteiger charge is 2.24. The Morgan fingerprint density at radius 2 is 0.640 bits per heavy atom. The minimum Gasteiger partial charge on any atom is -0.0616 e. The lowest BCUT2D eigenvalue weighted by atomic mass is 9.93. The van der Waals surface area contributed by atoms with Crippen molar-refractivity contribution in [1.29, 1.82) is 0 Å². The Balaban J connectivity index is 0.962. The summed E-state index contributed by atoms with van der Waals surface area (Å²) in [6.45, 7) is 0. The van der Waals surface area contributed by atoms with Gasteiger partial charge in [0, 0.05) is 0 Å². The summed E-state index contributed by atoms with van der Waals surface area (Å²) in [4.78, 5) is 0. The number of hydrogen-bond acceptors (Lipinski definition) is 0. The van der Waals surface area contributed by atoms with Gasteiger partial charge in [0.2, 0.25) is 0 Å². The standard InChI is InChI=1S/C50H28/c1-3-9-37-34(7-1)27-47-39-21-19-32(25-45(39)43-13-5-11-41(37)49(43)47)30-17-15-29-16-18-31(24-36(29)23-30)33-20-22-40-46(26-33)44-14-6-12-42-38-10-4-2-8-35(38)28-48(40)50(42)44/h1-28H. The van der Waals surface area contributed by atoms with Gasteiger partial charge in [0.25, 0.3) is 0 Å². The van der Waals surface area contributed by atoms with Crippen LogP contribution in [0.5, 0.6) is 0 Å². The molecule has 0 atom stereocenters. The van der Waals surface area contributed by atoms with E-state index in [1.54, 1.807) is 0 Å². The summed E-state index contributed by atoms with van der Waals surface area (Å²) < 4.78 is 0. The van der Waals surface area contributed by atoms with E-state index < -0.39 is 0 Å². The van der Waals surface area contributed by atoms with Crippen LogP contribution in [-0.2, 0) is 0 Å². The van der Waals surface area contributed by atoms with Gasteiger partial charge < -0.3 is 0 Å². The van der Waals surface area contributed by atoms with Gasteiger partial charge in [-0.25, -0.2) is 0 Å². The Kier molecular flexibility index (Phi) is 5.06. The molecule has 0 heteroatoms. The van der Waals surface area contributed by atoms with Gasteiger partial charge >= 0.3 is 0 Å². The van der Waals surface area contributed by atoms with E-state index in [9.17, 15) is 0 Å². The fourth-order valence-corrected chi connectivity index (χ4v) is 9.17. The topological polar surface area (TPSA) is 0 Å². The Labute approximate surface area is 289 Å². The van der Waals surface area contributed by atoms with Gasteiger partial charge in [-0.2, -0.15) is 0 Å². The van der Waals surface area contributed by atoms with Crippen molar-refractivity contribution in [2.75, 3.05) is 0 Å². The molecule has 0 saturated carbocycles. The molecule has 10 aromatic rings. The summed E-state index contributed by atoms with van der Waals surface area (Å²) in [6, 6.07) is 63.8. The van der Waals surface area contributed by atoms with Crippen LogP contribution < -0.4 is 0 Å². The van der Waals surface area contributed by atoms with Gasteiger partial charge in [-0.05, 0) is 157 Å². The summed E-state index contributed by atoms with van der Waals surface area (Å²) in [5.41, 5.74) is 15.7. The van der Waals surface area contributed by atoms with Gasteiger partial charge in [0.15, 0.2) is 0 Å². The maximum atomic E-state index is 2.40. The molecule has 0 heterocycles. The van der Waals surface area contributed by atoms with E-state index in [1.165, 1.54) is 121 Å². The van der Waals surface area contributed by atoms with Gasteiger partial charge in [-0.1, -0.05) is 133 Å². The second kappa shape index (κ2) is 9.56. The molecule has 0 amide bonds. The highest BCUT2D eigenvalue weighted by Crippen LogP contribution is 2.52. The first-order chi connectivity index (χ1) is 24.8. The molecule has 10 aromatic carbocycles. The van der Waals surface area contributed by atoms with E-state index in [0.717, 1.165) is 0 Å². The molecule has 228 valence electrons. The summed E-state index contributed by atoms with van der Waals surface area (Å²) in [7, 11) is 0. The zero-order chi connectivity index (χ0) is 32.5. The van der Waals surface area contributed by atoms with Crippen molar-refractivity contribution in [3.63, 3.8) is 0 Å². The second-order valence-corrected chi connectivity index (χ2v) is 14.0. The molecule has 12 rings (SSSR count). The summed E-state index contributed by atoms with van der Waals surface area (Å²) in [5, 5.41) is 13.2. The molecule has 50 heavy (non-hydrogen) atoms. The van der Waals surface area contributed by atoms with Crippen LogP contribution in [0, 0.1) is 0 Å². The number of rotatable bonds is 2. The highest BCUT2D eigenvalue weighted by molar-refractivity contribution is 6.25. The van der Waals surface area contributed by atoms with Crippen molar-refractivity contribution >= 4 is 53.9 Å². The summed E-state index contributed by atoms with van der Waals surface area (Å²) in [5.74, 6) is 0. The predicted molar refractivity (Wildman–Crippen MR) is 214 cm³/mol. The lowest BCUT2D eigenvalue weighted by Gasteiger charge is -2.11.